The number of thiophene rings is 1. The summed E-state index contributed by atoms with van der Waals surface area (Å²) in [7, 11) is -3.59. The second-order valence-electron chi connectivity index (χ2n) is 5.54. The van der Waals surface area contributed by atoms with E-state index >= 15 is 0 Å². The quantitative estimate of drug-likeness (QED) is 0.690. The van der Waals surface area contributed by atoms with Crippen molar-refractivity contribution < 1.29 is 8.42 Å². The van der Waals surface area contributed by atoms with Crippen molar-refractivity contribution in [3.8, 4) is 9.88 Å². The number of anilines is 1. The molecule has 126 valence electrons. The molecule has 1 N–H and O–H groups in total. The minimum Gasteiger partial charge on any atom is -0.279 e. The average Bonchev–Trinajstić information content (AvgIpc) is 3.19. The molecule has 2 aromatic heterocycles. The van der Waals surface area contributed by atoms with Crippen LogP contribution in [-0.2, 0) is 16.4 Å². The van der Waals surface area contributed by atoms with E-state index in [2.05, 4.69) is 16.6 Å². The van der Waals surface area contributed by atoms with E-state index in [1.165, 1.54) is 11.3 Å². The predicted octanol–water partition coefficient (Wildman–Crippen LogP) is 4.85. The third kappa shape index (κ3) is 3.53. The Morgan fingerprint density at radius 3 is 2.67 bits per heavy atom. The second-order valence-corrected chi connectivity index (χ2v) is 9.39. The van der Waals surface area contributed by atoms with Crippen molar-refractivity contribution in [1.29, 1.82) is 0 Å². The van der Waals surface area contributed by atoms with Crippen LogP contribution in [0.25, 0.3) is 9.88 Å². The lowest BCUT2D eigenvalue weighted by molar-refractivity contribution is 0.603. The van der Waals surface area contributed by atoms with Gasteiger partial charge in [-0.05, 0) is 49.6 Å². The summed E-state index contributed by atoms with van der Waals surface area (Å²) < 4.78 is 28.3. The predicted molar refractivity (Wildman–Crippen MR) is 102 cm³/mol. The largest absolute Gasteiger partial charge is 0.279 e. The van der Waals surface area contributed by atoms with Gasteiger partial charge in [0.2, 0.25) is 0 Å². The molecule has 0 amide bonds. The normalized spacial score (nSPS) is 11.6. The van der Waals surface area contributed by atoms with Gasteiger partial charge in [-0.2, -0.15) is 0 Å². The molecule has 1 aromatic carbocycles. The van der Waals surface area contributed by atoms with Gasteiger partial charge in [-0.25, -0.2) is 13.4 Å². The van der Waals surface area contributed by atoms with Crippen molar-refractivity contribution in [3.05, 3.63) is 52.5 Å². The van der Waals surface area contributed by atoms with Crippen LogP contribution < -0.4 is 4.72 Å². The van der Waals surface area contributed by atoms with Crippen molar-refractivity contribution in [2.24, 2.45) is 0 Å². The van der Waals surface area contributed by atoms with Crippen LogP contribution in [0.1, 0.15) is 23.7 Å². The average molecular weight is 379 g/mol. The van der Waals surface area contributed by atoms with E-state index in [4.69, 9.17) is 0 Å². The van der Waals surface area contributed by atoms with Crippen LogP contribution in [0.2, 0.25) is 0 Å². The van der Waals surface area contributed by atoms with Gasteiger partial charge >= 0.3 is 0 Å². The van der Waals surface area contributed by atoms with Crippen LogP contribution in [0.4, 0.5) is 5.69 Å². The van der Waals surface area contributed by atoms with Crippen LogP contribution >= 0.6 is 22.7 Å². The molecule has 3 rings (SSSR count). The molecule has 0 fully saturated rings. The molecule has 0 bridgehead atoms. The Morgan fingerprint density at radius 2 is 1.96 bits per heavy atom. The molecule has 24 heavy (non-hydrogen) atoms. The monoisotopic (exact) mass is 378 g/mol. The summed E-state index contributed by atoms with van der Waals surface area (Å²) in [6.07, 6.45) is 0.876. The van der Waals surface area contributed by atoms with E-state index in [9.17, 15) is 8.42 Å². The highest BCUT2D eigenvalue weighted by Crippen LogP contribution is 2.34. The summed E-state index contributed by atoms with van der Waals surface area (Å²) in [5.41, 5.74) is 3.56. The van der Waals surface area contributed by atoms with Crippen molar-refractivity contribution >= 4 is 38.4 Å². The number of aromatic nitrogens is 1. The Kier molecular flexibility index (Phi) is 4.76. The number of nitrogens with one attached hydrogen (secondary N) is 1. The number of rotatable bonds is 5. The fourth-order valence-corrected chi connectivity index (χ4v) is 5.61. The highest BCUT2D eigenvalue weighted by molar-refractivity contribution is 7.94. The maximum Gasteiger partial charge on any atom is 0.271 e. The first-order valence-corrected chi connectivity index (χ1v) is 10.7. The van der Waals surface area contributed by atoms with Crippen molar-refractivity contribution in [2.75, 3.05) is 4.72 Å². The molecule has 0 saturated carbocycles. The minimum atomic E-state index is -3.59. The molecule has 0 aliphatic heterocycles. The third-order valence-electron chi connectivity index (χ3n) is 3.61. The van der Waals surface area contributed by atoms with Crippen LogP contribution in [0.15, 0.2) is 39.9 Å². The van der Waals surface area contributed by atoms with Gasteiger partial charge in [-0.15, -0.1) is 22.7 Å². The maximum absolute atomic E-state index is 12.7. The van der Waals surface area contributed by atoms with Crippen LogP contribution in [0, 0.1) is 13.8 Å². The maximum atomic E-state index is 12.7. The van der Waals surface area contributed by atoms with Crippen molar-refractivity contribution in [1.82, 2.24) is 4.98 Å². The van der Waals surface area contributed by atoms with Gasteiger partial charge in [0.25, 0.3) is 10.0 Å². The first kappa shape index (κ1) is 17.1. The second kappa shape index (κ2) is 6.66. The number of aryl methyl sites for hydroxylation is 3. The molecule has 0 atom stereocenters. The number of sulfonamides is 1. The number of hydrogen-bond donors (Lipinski definition) is 1. The summed E-state index contributed by atoms with van der Waals surface area (Å²) in [6, 6.07) is 9.18. The summed E-state index contributed by atoms with van der Waals surface area (Å²) >= 11 is 2.79. The molecule has 0 aliphatic carbocycles. The van der Waals surface area contributed by atoms with Gasteiger partial charge in [0.05, 0.1) is 16.3 Å². The minimum absolute atomic E-state index is 0.298. The standard InChI is InChI=1S/C17H18N2O2S3/c1-4-13-10-22-17(18-13)15-7-8-16(23-15)24(20,21)19-14-9-11(2)5-6-12(14)3/h5-10,19H,4H2,1-3H3. The number of benzene rings is 1. The Bertz CT molecular complexity index is 971. The lowest BCUT2D eigenvalue weighted by Crippen LogP contribution is -2.12. The van der Waals surface area contributed by atoms with Gasteiger partial charge in [0, 0.05) is 5.38 Å². The lowest BCUT2D eigenvalue weighted by Gasteiger charge is -2.10. The van der Waals surface area contributed by atoms with Crippen LogP contribution in [0.3, 0.4) is 0 Å². The van der Waals surface area contributed by atoms with Crippen molar-refractivity contribution in [3.63, 3.8) is 0 Å². The molecule has 7 heteroatoms. The fraction of sp³-hybridized carbons (Fsp3) is 0.235. The van der Waals surface area contributed by atoms with E-state index in [0.717, 1.165) is 33.1 Å². The number of nitrogens with zero attached hydrogens (tertiary/aromatic N) is 1. The molecule has 4 nitrogen and oxygen atoms in total. The van der Waals surface area contributed by atoms with Crippen molar-refractivity contribution in [2.45, 2.75) is 31.4 Å². The molecule has 0 saturated heterocycles. The first-order chi connectivity index (χ1) is 11.4. The zero-order chi connectivity index (χ0) is 17.3. The molecule has 0 radical (unpaired) electrons. The number of thiazole rings is 1. The van der Waals surface area contributed by atoms with Gasteiger partial charge in [0.1, 0.15) is 9.22 Å². The highest BCUT2D eigenvalue weighted by Gasteiger charge is 2.19. The molecule has 2 heterocycles. The summed E-state index contributed by atoms with van der Waals surface area (Å²) in [4.78, 5) is 5.39. The SMILES string of the molecule is CCc1csc(-c2ccc(S(=O)(=O)Nc3cc(C)ccc3C)s2)n1. The zero-order valence-corrected chi connectivity index (χ0v) is 16.1. The van der Waals surface area contributed by atoms with Gasteiger partial charge in [-0.1, -0.05) is 19.1 Å². The third-order valence-corrected chi connectivity index (χ3v) is 7.61. The number of hydrogen-bond acceptors (Lipinski definition) is 5. The van der Waals surface area contributed by atoms with E-state index in [1.54, 1.807) is 17.4 Å². The van der Waals surface area contributed by atoms with E-state index in [1.807, 2.05) is 43.5 Å². The fourth-order valence-electron chi connectivity index (χ4n) is 2.20. The van der Waals surface area contributed by atoms with Crippen LogP contribution in [-0.4, -0.2) is 13.4 Å². The van der Waals surface area contributed by atoms with E-state index in [0.29, 0.717) is 9.90 Å². The smallest absolute Gasteiger partial charge is 0.271 e. The molecule has 0 unspecified atom stereocenters. The summed E-state index contributed by atoms with van der Waals surface area (Å²) in [5.74, 6) is 0. The summed E-state index contributed by atoms with van der Waals surface area (Å²) in [6.45, 7) is 5.88. The van der Waals surface area contributed by atoms with E-state index < -0.39 is 10.0 Å². The van der Waals surface area contributed by atoms with Crippen LogP contribution in [0.5, 0.6) is 0 Å². The molecule has 3 aromatic rings. The first-order valence-electron chi connectivity index (χ1n) is 7.53. The molecular weight excluding hydrogens is 360 g/mol. The Hall–Kier alpha value is -1.70. The van der Waals surface area contributed by atoms with Gasteiger partial charge in [-0.3, -0.25) is 4.72 Å². The summed E-state index contributed by atoms with van der Waals surface area (Å²) in [5, 5.41) is 2.88. The molecule has 0 aliphatic rings. The van der Waals surface area contributed by atoms with Gasteiger partial charge in [0.15, 0.2) is 0 Å². The topological polar surface area (TPSA) is 59.1 Å². The Labute approximate surface area is 150 Å². The molecule has 0 spiro atoms. The molecular formula is C17H18N2O2S3. The Morgan fingerprint density at radius 1 is 1.17 bits per heavy atom. The van der Waals surface area contributed by atoms with Gasteiger partial charge < -0.3 is 0 Å². The van der Waals surface area contributed by atoms with E-state index in [-0.39, 0.29) is 0 Å². The zero-order valence-electron chi connectivity index (χ0n) is 13.7. The Balaban J connectivity index is 1.89. The lowest BCUT2D eigenvalue weighted by atomic mass is 10.1. The highest BCUT2D eigenvalue weighted by atomic mass is 32.2.